The van der Waals surface area contributed by atoms with E-state index in [1.165, 1.54) is 31.2 Å². The molecule has 0 aromatic heterocycles. The number of rotatable bonds is 4. The van der Waals surface area contributed by atoms with E-state index in [1.807, 2.05) is 0 Å². The number of hydrogen-bond donors (Lipinski definition) is 1. The second kappa shape index (κ2) is 5.89. The number of anilines is 1. The van der Waals surface area contributed by atoms with Crippen molar-refractivity contribution < 1.29 is 9.72 Å². The number of nitrogens with one attached hydrogen (secondary N) is 1. The van der Waals surface area contributed by atoms with Crippen LogP contribution in [0.2, 0.25) is 0 Å². The summed E-state index contributed by atoms with van der Waals surface area (Å²) in [6, 6.07) is 6.63. The third kappa shape index (κ3) is 3.35. The lowest BCUT2D eigenvalue weighted by Gasteiger charge is -2.05. The molecule has 19 heavy (non-hydrogen) atoms. The third-order valence-electron chi connectivity index (χ3n) is 2.09. The number of nitrogens with zero attached hydrogens (tertiary/aromatic N) is 4. The van der Waals surface area contributed by atoms with E-state index in [4.69, 9.17) is 10.5 Å². The summed E-state index contributed by atoms with van der Waals surface area (Å²) in [6.45, 7) is 1.24. The molecule has 0 bridgehead atoms. The van der Waals surface area contributed by atoms with Crippen LogP contribution in [0.25, 0.3) is 0 Å². The predicted octanol–water partition coefficient (Wildman–Crippen LogP) is 1.61. The van der Waals surface area contributed by atoms with E-state index in [0.29, 0.717) is 0 Å². The molecule has 0 radical (unpaired) electrons. The maximum Gasteiger partial charge on any atom is 0.270 e. The molecule has 1 N–H and O–H groups in total. The van der Waals surface area contributed by atoms with Crippen LogP contribution in [0, 0.1) is 32.8 Å². The molecule has 0 aliphatic heterocycles. The van der Waals surface area contributed by atoms with Crippen molar-refractivity contribution >= 4 is 22.9 Å². The molecule has 1 aromatic rings. The Morgan fingerprint density at radius 3 is 2.53 bits per heavy atom. The molecule has 0 unspecified atom stereocenters. The molecule has 94 valence electrons. The Morgan fingerprint density at radius 1 is 1.42 bits per heavy atom. The van der Waals surface area contributed by atoms with Crippen molar-refractivity contribution in [1.29, 1.82) is 10.5 Å². The van der Waals surface area contributed by atoms with E-state index >= 15 is 0 Å². The summed E-state index contributed by atoms with van der Waals surface area (Å²) in [5.41, 5.74) is 1.93. The van der Waals surface area contributed by atoms with E-state index in [9.17, 15) is 14.9 Å². The summed E-state index contributed by atoms with van der Waals surface area (Å²) in [6.07, 6.45) is 0. The highest BCUT2D eigenvalue weighted by Crippen LogP contribution is 2.22. The van der Waals surface area contributed by atoms with Gasteiger partial charge >= 0.3 is 0 Å². The monoisotopic (exact) mass is 257 g/mol. The Labute approximate surface area is 107 Å². The zero-order chi connectivity index (χ0) is 14.4. The van der Waals surface area contributed by atoms with E-state index in [2.05, 4.69) is 10.5 Å². The fourth-order valence-electron chi connectivity index (χ4n) is 1.23. The van der Waals surface area contributed by atoms with Gasteiger partial charge < -0.3 is 0 Å². The van der Waals surface area contributed by atoms with Gasteiger partial charge in [-0.25, -0.2) is 0 Å². The van der Waals surface area contributed by atoms with Crippen molar-refractivity contribution in [3.63, 3.8) is 0 Å². The molecule has 0 spiro atoms. The highest BCUT2D eigenvalue weighted by atomic mass is 16.6. The van der Waals surface area contributed by atoms with Gasteiger partial charge in [0.25, 0.3) is 5.69 Å². The number of ketones is 1. The molecular weight excluding hydrogens is 250 g/mol. The van der Waals surface area contributed by atoms with E-state index < -0.39 is 16.4 Å². The average molecular weight is 257 g/mol. The lowest BCUT2D eigenvalue weighted by atomic mass is 10.1. The summed E-state index contributed by atoms with van der Waals surface area (Å²) < 4.78 is 0. The number of benzene rings is 1. The number of Topliss-reactive ketones (excluding diaryl/α,β-unsaturated/α-hetero) is 1. The summed E-state index contributed by atoms with van der Waals surface area (Å²) in [7, 11) is 0. The predicted molar refractivity (Wildman–Crippen MR) is 65.4 cm³/mol. The Hall–Kier alpha value is -3.26. The summed E-state index contributed by atoms with van der Waals surface area (Å²) in [5.74, 6) is -0.406. The Bertz CT molecular complexity index is 635. The van der Waals surface area contributed by atoms with Crippen molar-refractivity contribution in [3.8, 4) is 12.1 Å². The average Bonchev–Trinajstić information content (AvgIpc) is 2.39. The smallest absolute Gasteiger partial charge is 0.270 e. The largest absolute Gasteiger partial charge is 0.294 e. The van der Waals surface area contributed by atoms with E-state index in [-0.39, 0.29) is 16.9 Å². The normalized spacial score (nSPS) is 8.79. The SMILES string of the molecule is CC(=O)c1cc([N+](=O)[O-])ccc1NN=C(C#N)C#N. The van der Waals surface area contributed by atoms with Gasteiger partial charge in [-0.1, -0.05) is 0 Å². The maximum absolute atomic E-state index is 11.4. The Balaban J connectivity index is 3.19. The van der Waals surface area contributed by atoms with Gasteiger partial charge in [-0.3, -0.25) is 20.3 Å². The van der Waals surface area contributed by atoms with Crippen LogP contribution in [0.3, 0.4) is 0 Å². The highest BCUT2D eigenvalue weighted by molar-refractivity contribution is 6.10. The van der Waals surface area contributed by atoms with Gasteiger partial charge in [0, 0.05) is 17.7 Å². The van der Waals surface area contributed by atoms with Crippen LogP contribution < -0.4 is 5.43 Å². The standard InChI is InChI=1S/C11H7N5O3/c1-7(17)10-4-9(16(18)19)2-3-11(10)15-14-8(5-12)6-13/h2-4,15H,1H3. The van der Waals surface area contributed by atoms with Gasteiger partial charge in [0.2, 0.25) is 5.71 Å². The zero-order valence-corrected chi connectivity index (χ0v) is 9.75. The number of carbonyl (C=O) groups excluding carboxylic acids is 1. The van der Waals surface area contributed by atoms with Crippen LogP contribution in [-0.4, -0.2) is 16.4 Å². The van der Waals surface area contributed by atoms with Gasteiger partial charge in [0.05, 0.1) is 10.6 Å². The summed E-state index contributed by atoms with van der Waals surface area (Å²) >= 11 is 0. The first-order valence-corrected chi connectivity index (χ1v) is 4.93. The molecule has 0 saturated carbocycles. The second-order valence-corrected chi connectivity index (χ2v) is 3.34. The van der Waals surface area contributed by atoms with Gasteiger partial charge in [-0.15, -0.1) is 0 Å². The number of carbonyl (C=O) groups is 1. The van der Waals surface area contributed by atoms with Crippen LogP contribution in [0.15, 0.2) is 23.3 Å². The topological polar surface area (TPSA) is 132 Å². The number of nitro groups is 1. The lowest BCUT2D eigenvalue weighted by molar-refractivity contribution is -0.384. The number of non-ortho nitro benzene ring substituents is 1. The molecule has 1 rings (SSSR count). The molecule has 0 saturated heterocycles. The summed E-state index contributed by atoms with van der Waals surface area (Å²) in [5, 5.41) is 31.1. The third-order valence-corrected chi connectivity index (χ3v) is 2.09. The quantitative estimate of drug-likeness (QED) is 0.377. The molecule has 8 heteroatoms. The van der Waals surface area contributed by atoms with Crippen LogP contribution in [0.4, 0.5) is 11.4 Å². The number of hydrogen-bond acceptors (Lipinski definition) is 7. The van der Waals surface area contributed by atoms with Crippen LogP contribution in [-0.2, 0) is 0 Å². The minimum Gasteiger partial charge on any atom is -0.294 e. The lowest BCUT2D eigenvalue weighted by Crippen LogP contribution is -2.03. The Morgan fingerprint density at radius 2 is 2.05 bits per heavy atom. The molecule has 0 atom stereocenters. The molecule has 0 amide bonds. The molecule has 0 fully saturated rings. The zero-order valence-electron chi connectivity index (χ0n) is 9.75. The fraction of sp³-hybridized carbons (Fsp3) is 0.0909. The van der Waals surface area contributed by atoms with Gasteiger partial charge in [-0.05, 0) is 13.0 Å². The minimum absolute atomic E-state index is 0.0492. The molecule has 0 heterocycles. The molecule has 0 aliphatic rings. The second-order valence-electron chi connectivity index (χ2n) is 3.34. The molecular formula is C11H7N5O3. The van der Waals surface area contributed by atoms with Crippen molar-refractivity contribution in [2.45, 2.75) is 6.92 Å². The van der Waals surface area contributed by atoms with Crippen molar-refractivity contribution in [2.24, 2.45) is 5.10 Å². The van der Waals surface area contributed by atoms with Crippen LogP contribution in [0.1, 0.15) is 17.3 Å². The van der Waals surface area contributed by atoms with E-state index in [1.54, 1.807) is 0 Å². The number of hydrazone groups is 1. The van der Waals surface area contributed by atoms with E-state index in [0.717, 1.165) is 6.07 Å². The summed E-state index contributed by atoms with van der Waals surface area (Å²) in [4.78, 5) is 21.4. The highest BCUT2D eigenvalue weighted by Gasteiger charge is 2.13. The molecule has 1 aromatic carbocycles. The van der Waals surface area contributed by atoms with Gasteiger partial charge in [-0.2, -0.15) is 15.6 Å². The fourth-order valence-corrected chi connectivity index (χ4v) is 1.23. The van der Waals surface area contributed by atoms with Gasteiger partial charge in [0.15, 0.2) is 5.78 Å². The van der Waals surface area contributed by atoms with Crippen LogP contribution in [0.5, 0.6) is 0 Å². The first-order chi connectivity index (χ1) is 8.99. The van der Waals surface area contributed by atoms with Crippen molar-refractivity contribution in [2.75, 3.05) is 5.43 Å². The van der Waals surface area contributed by atoms with Gasteiger partial charge in [0.1, 0.15) is 12.1 Å². The number of nitriles is 2. The van der Waals surface area contributed by atoms with Crippen molar-refractivity contribution in [3.05, 3.63) is 33.9 Å². The first kappa shape index (κ1) is 13.8. The minimum atomic E-state index is -0.629. The Kier molecular flexibility index (Phi) is 4.28. The van der Waals surface area contributed by atoms with Crippen LogP contribution >= 0.6 is 0 Å². The molecule has 0 aliphatic carbocycles. The molecule has 8 nitrogen and oxygen atoms in total. The first-order valence-electron chi connectivity index (χ1n) is 4.93. The maximum atomic E-state index is 11.4. The van der Waals surface area contributed by atoms with Crippen molar-refractivity contribution in [1.82, 2.24) is 0 Å². The number of nitro benzene ring substituents is 1.